The zero-order valence-electron chi connectivity index (χ0n) is 10.8. The van der Waals surface area contributed by atoms with E-state index in [1.807, 2.05) is 0 Å². The number of aliphatic hydroxyl groups excluding tert-OH is 1. The zero-order valence-corrected chi connectivity index (χ0v) is 11.6. The number of pyridine rings is 1. The lowest BCUT2D eigenvalue weighted by molar-refractivity contribution is 0.182. The lowest BCUT2D eigenvalue weighted by Crippen LogP contribution is -2.34. The maximum Gasteiger partial charge on any atom is 0.260 e. The molecule has 6 nitrogen and oxygen atoms in total. The molecule has 0 aliphatic rings. The van der Waals surface area contributed by atoms with Gasteiger partial charge in [0.2, 0.25) is 0 Å². The lowest BCUT2D eigenvalue weighted by Gasteiger charge is -2.19. The van der Waals surface area contributed by atoms with E-state index >= 15 is 0 Å². The number of aromatic nitrogens is 1. The third-order valence-corrected chi connectivity index (χ3v) is 4.24. The average molecular weight is 286 g/mol. The molecule has 0 saturated heterocycles. The van der Waals surface area contributed by atoms with Gasteiger partial charge in [0.15, 0.2) is 5.03 Å². The minimum absolute atomic E-state index is 0.0531. The molecule has 1 N–H and O–H groups in total. The van der Waals surface area contributed by atoms with Crippen molar-refractivity contribution in [3.8, 4) is 0 Å². The van der Waals surface area contributed by atoms with Crippen molar-refractivity contribution in [2.45, 2.75) is 11.6 Å². The molecule has 0 aromatic carbocycles. The van der Waals surface area contributed by atoms with Crippen LogP contribution in [0.2, 0.25) is 0 Å². The van der Waals surface area contributed by atoms with E-state index in [2.05, 4.69) is 11.6 Å². The zero-order chi connectivity index (χ0) is 14.3. The molecule has 1 aromatic rings. The minimum atomic E-state index is -3.67. The number of nitrogens with zero attached hydrogens (tertiary/aromatic N) is 2. The van der Waals surface area contributed by atoms with Gasteiger partial charge >= 0.3 is 0 Å². The Hall–Kier alpha value is -1.28. The second-order valence-electron chi connectivity index (χ2n) is 3.81. The summed E-state index contributed by atoms with van der Waals surface area (Å²) in [4.78, 5) is 3.87. The lowest BCUT2D eigenvalue weighted by atomic mass is 10.3. The van der Waals surface area contributed by atoms with Gasteiger partial charge < -0.3 is 9.84 Å². The van der Waals surface area contributed by atoms with Gasteiger partial charge in [0, 0.05) is 26.4 Å². The van der Waals surface area contributed by atoms with Crippen molar-refractivity contribution in [3.63, 3.8) is 0 Å². The molecule has 19 heavy (non-hydrogen) atoms. The Morgan fingerprint density at radius 1 is 1.53 bits per heavy atom. The van der Waals surface area contributed by atoms with Crippen LogP contribution in [0.4, 0.5) is 0 Å². The number of aliphatic hydroxyl groups is 1. The Morgan fingerprint density at radius 3 is 2.74 bits per heavy atom. The molecule has 0 amide bonds. The van der Waals surface area contributed by atoms with Gasteiger partial charge in [-0.15, -0.1) is 6.58 Å². The molecule has 0 aliphatic carbocycles. The summed E-state index contributed by atoms with van der Waals surface area (Å²) in [6.07, 6.45) is 2.85. The quantitative estimate of drug-likeness (QED) is 0.700. The number of methoxy groups -OCH3 is 1. The molecule has 0 radical (unpaired) electrons. The smallest absolute Gasteiger partial charge is 0.260 e. The number of hydrogen-bond acceptors (Lipinski definition) is 5. The fourth-order valence-corrected chi connectivity index (χ4v) is 2.74. The predicted molar refractivity (Wildman–Crippen MR) is 71.0 cm³/mol. The normalized spacial score (nSPS) is 11.7. The summed E-state index contributed by atoms with van der Waals surface area (Å²) in [6.45, 7) is 4.08. The summed E-state index contributed by atoms with van der Waals surface area (Å²) in [5, 5.41) is 8.86. The van der Waals surface area contributed by atoms with E-state index in [-0.39, 0.29) is 24.7 Å². The monoisotopic (exact) mass is 286 g/mol. The first-order chi connectivity index (χ1) is 9.06. The van der Waals surface area contributed by atoms with Crippen LogP contribution in [0.15, 0.2) is 36.0 Å². The Morgan fingerprint density at radius 2 is 2.26 bits per heavy atom. The maximum absolute atomic E-state index is 12.3. The third-order valence-electron chi connectivity index (χ3n) is 2.46. The molecular formula is C12H18N2O4S. The van der Waals surface area contributed by atoms with Gasteiger partial charge in [-0.25, -0.2) is 13.4 Å². The van der Waals surface area contributed by atoms with E-state index in [0.717, 1.165) is 0 Å². The molecule has 0 saturated carbocycles. The van der Waals surface area contributed by atoms with Gasteiger partial charge in [0.25, 0.3) is 10.0 Å². The Bertz CT molecular complexity index is 499. The number of hydrogen-bond donors (Lipinski definition) is 1. The van der Waals surface area contributed by atoms with Crippen molar-refractivity contribution in [2.24, 2.45) is 0 Å². The SMILES string of the molecule is C=CCN(CCOC)S(=O)(=O)c1ccc(CO)cn1. The van der Waals surface area contributed by atoms with Crippen LogP contribution >= 0.6 is 0 Å². The summed E-state index contributed by atoms with van der Waals surface area (Å²) in [5.74, 6) is 0. The molecule has 1 heterocycles. The highest BCUT2D eigenvalue weighted by Crippen LogP contribution is 2.13. The summed E-state index contributed by atoms with van der Waals surface area (Å²) < 4.78 is 30.8. The second-order valence-corrected chi connectivity index (χ2v) is 5.69. The average Bonchev–Trinajstić information content (AvgIpc) is 2.43. The Kier molecular flexibility index (Phi) is 6.10. The van der Waals surface area contributed by atoms with Crippen LogP contribution in [0.25, 0.3) is 0 Å². The van der Waals surface area contributed by atoms with Gasteiger partial charge in [-0.1, -0.05) is 12.1 Å². The maximum atomic E-state index is 12.3. The van der Waals surface area contributed by atoms with Crippen LogP contribution < -0.4 is 0 Å². The number of sulfonamides is 1. The van der Waals surface area contributed by atoms with Crippen LogP contribution in [-0.4, -0.2) is 49.6 Å². The molecule has 7 heteroatoms. The second kappa shape index (κ2) is 7.34. The highest BCUT2D eigenvalue weighted by Gasteiger charge is 2.24. The minimum Gasteiger partial charge on any atom is -0.392 e. The predicted octanol–water partition coefficient (Wildman–Crippen LogP) is 0.397. The molecule has 0 fully saturated rings. The molecule has 1 aromatic heterocycles. The van der Waals surface area contributed by atoms with Gasteiger partial charge in [-0.05, 0) is 11.6 Å². The number of ether oxygens (including phenoxy) is 1. The topological polar surface area (TPSA) is 79.7 Å². The van der Waals surface area contributed by atoms with Crippen LogP contribution in [0, 0.1) is 0 Å². The van der Waals surface area contributed by atoms with Gasteiger partial charge in [-0.3, -0.25) is 0 Å². The molecular weight excluding hydrogens is 268 g/mol. The van der Waals surface area contributed by atoms with Crippen molar-refractivity contribution in [3.05, 3.63) is 36.5 Å². The van der Waals surface area contributed by atoms with Crippen molar-refractivity contribution in [1.82, 2.24) is 9.29 Å². The number of rotatable bonds is 8. The standard InChI is InChI=1S/C12H18N2O4S/c1-3-6-14(7-8-18-2)19(16,17)12-5-4-11(10-15)9-13-12/h3-5,9,15H,1,6-8,10H2,2H3. The first-order valence-corrected chi connectivity index (χ1v) is 7.16. The highest BCUT2D eigenvalue weighted by atomic mass is 32.2. The fraction of sp³-hybridized carbons (Fsp3) is 0.417. The molecule has 0 unspecified atom stereocenters. The van der Waals surface area contributed by atoms with E-state index < -0.39 is 10.0 Å². The van der Waals surface area contributed by atoms with Crippen LogP contribution in [0.1, 0.15) is 5.56 Å². The van der Waals surface area contributed by atoms with E-state index in [1.165, 1.54) is 35.8 Å². The van der Waals surface area contributed by atoms with Crippen LogP contribution in [0.5, 0.6) is 0 Å². The molecule has 1 rings (SSSR count). The fourth-order valence-electron chi connectivity index (χ4n) is 1.44. The van der Waals surface area contributed by atoms with Crippen molar-refractivity contribution in [2.75, 3.05) is 26.8 Å². The summed E-state index contributed by atoms with van der Waals surface area (Å²) in [6, 6.07) is 2.91. The molecule has 0 bridgehead atoms. The largest absolute Gasteiger partial charge is 0.392 e. The van der Waals surface area contributed by atoms with Crippen molar-refractivity contribution in [1.29, 1.82) is 0 Å². The van der Waals surface area contributed by atoms with E-state index in [4.69, 9.17) is 9.84 Å². The highest BCUT2D eigenvalue weighted by molar-refractivity contribution is 7.89. The van der Waals surface area contributed by atoms with Crippen molar-refractivity contribution < 1.29 is 18.3 Å². The third kappa shape index (κ3) is 4.10. The Labute approximate surface area is 113 Å². The summed E-state index contributed by atoms with van der Waals surface area (Å²) in [7, 11) is -2.16. The molecule has 0 aliphatic heterocycles. The molecule has 106 valence electrons. The van der Waals surface area contributed by atoms with Crippen LogP contribution in [0.3, 0.4) is 0 Å². The Balaban J connectivity index is 2.99. The summed E-state index contributed by atoms with van der Waals surface area (Å²) in [5.41, 5.74) is 0.561. The summed E-state index contributed by atoms with van der Waals surface area (Å²) >= 11 is 0. The molecule has 0 spiro atoms. The first-order valence-electron chi connectivity index (χ1n) is 5.72. The molecule has 0 atom stereocenters. The van der Waals surface area contributed by atoms with E-state index in [0.29, 0.717) is 12.2 Å². The van der Waals surface area contributed by atoms with Crippen molar-refractivity contribution >= 4 is 10.0 Å². The van der Waals surface area contributed by atoms with Gasteiger partial charge in [0.05, 0.1) is 13.2 Å². The van der Waals surface area contributed by atoms with E-state index in [1.54, 1.807) is 0 Å². The van der Waals surface area contributed by atoms with Gasteiger partial charge in [-0.2, -0.15) is 4.31 Å². The van der Waals surface area contributed by atoms with Gasteiger partial charge in [0.1, 0.15) is 0 Å². The van der Waals surface area contributed by atoms with E-state index in [9.17, 15) is 8.42 Å². The van der Waals surface area contributed by atoms with Crippen LogP contribution in [-0.2, 0) is 21.4 Å². The first kappa shape index (κ1) is 15.8.